The van der Waals surface area contributed by atoms with E-state index in [0.717, 1.165) is 17.7 Å². The minimum Gasteiger partial charge on any atom is -0.387 e. The molecule has 0 saturated heterocycles. The molecule has 3 nitrogen and oxygen atoms in total. The minimum absolute atomic E-state index is 0.0678. The highest BCUT2D eigenvalue weighted by molar-refractivity contribution is 5.24. The highest BCUT2D eigenvalue weighted by atomic mass is 16.5. The Morgan fingerprint density at radius 3 is 2.44 bits per heavy atom. The van der Waals surface area contributed by atoms with Crippen LogP contribution in [0.5, 0.6) is 0 Å². The maximum absolute atomic E-state index is 10.0. The van der Waals surface area contributed by atoms with Gasteiger partial charge in [-0.3, -0.25) is 0 Å². The number of aliphatic hydroxyl groups excluding tert-OH is 1. The Morgan fingerprint density at radius 2 is 1.94 bits per heavy atom. The zero-order valence-electron chi connectivity index (χ0n) is 10.2. The Morgan fingerprint density at radius 1 is 1.31 bits per heavy atom. The number of nitrogens with one attached hydrogen (secondary N) is 1. The molecule has 0 spiro atoms. The van der Waals surface area contributed by atoms with Crippen LogP contribution in [-0.2, 0) is 11.3 Å². The number of hydrogen-bond donors (Lipinski definition) is 2. The van der Waals surface area contributed by atoms with Gasteiger partial charge in [0.25, 0.3) is 0 Å². The number of aliphatic hydroxyl groups is 1. The second-order valence-electron chi connectivity index (χ2n) is 3.97. The lowest BCUT2D eigenvalue weighted by Gasteiger charge is -2.20. The van der Waals surface area contributed by atoms with E-state index in [0.29, 0.717) is 6.61 Å². The molecule has 2 N–H and O–H groups in total. The summed E-state index contributed by atoms with van der Waals surface area (Å²) in [5, 5.41) is 13.3. The van der Waals surface area contributed by atoms with Gasteiger partial charge < -0.3 is 15.2 Å². The normalized spacial score (nSPS) is 14.8. The highest BCUT2D eigenvalue weighted by Crippen LogP contribution is 2.17. The molecule has 0 aliphatic carbocycles. The van der Waals surface area contributed by atoms with Gasteiger partial charge in [-0.25, -0.2) is 0 Å². The van der Waals surface area contributed by atoms with Crippen LogP contribution < -0.4 is 5.32 Å². The predicted molar refractivity (Wildman–Crippen MR) is 65.3 cm³/mol. The zero-order chi connectivity index (χ0) is 12.0. The lowest BCUT2D eigenvalue weighted by molar-refractivity contribution is 0.137. The van der Waals surface area contributed by atoms with Crippen LogP contribution in [0.2, 0.25) is 0 Å². The van der Waals surface area contributed by atoms with Gasteiger partial charge in [-0.2, -0.15) is 0 Å². The maximum Gasteiger partial charge on any atom is 0.0940 e. The van der Waals surface area contributed by atoms with Crippen molar-refractivity contribution >= 4 is 0 Å². The third-order valence-corrected chi connectivity index (χ3v) is 2.63. The Balaban J connectivity index is 2.65. The molecule has 16 heavy (non-hydrogen) atoms. The van der Waals surface area contributed by atoms with Crippen LogP contribution in [0.25, 0.3) is 0 Å². The molecule has 0 amide bonds. The average molecular weight is 223 g/mol. The van der Waals surface area contributed by atoms with Crippen LogP contribution in [0.1, 0.15) is 31.1 Å². The van der Waals surface area contributed by atoms with E-state index in [1.165, 1.54) is 0 Å². The Hall–Kier alpha value is -0.900. The fourth-order valence-corrected chi connectivity index (χ4v) is 1.70. The third kappa shape index (κ3) is 3.59. The summed E-state index contributed by atoms with van der Waals surface area (Å²) in [6, 6.07) is 7.94. The first-order chi connectivity index (χ1) is 7.69. The van der Waals surface area contributed by atoms with Crippen molar-refractivity contribution in [3.63, 3.8) is 0 Å². The van der Waals surface area contributed by atoms with Gasteiger partial charge >= 0.3 is 0 Å². The van der Waals surface area contributed by atoms with Crippen molar-refractivity contribution in [2.45, 2.75) is 32.6 Å². The van der Waals surface area contributed by atoms with E-state index in [-0.39, 0.29) is 6.04 Å². The lowest BCUT2D eigenvalue weighted by Crippen LogP contribution is -2.31. The highest BCUT2D eigenvalue weighted by Gasteiger charge is 2.14. The van der Waals surface area contributed by atoms with Gasteiger partial charge in [0.2, 0.25) is 0 Å². The predicted octanol–water partition coefficient (Wildman–Crippen LogP) is 1.86. The Labute approximate surface area is 97.4 Å². The quantitative estimate of drug-likeness (QED) is 0.773. The molecule has 1 rings (SSSR count). The summed E-state index contributed by atoms with van der Waals surface area (Å²) in [7, 11) is 1.68. The first-order valence-corrected chi connectivity index (χ1v) is 5.68. The second kappa shape index (κ2) is 6.63. The van der Waals surface area contributed by atoms with Crippen LogP contribution in [0, 0.1) is 0 Å². The van der Waals surface area contributed by atoms with Crippen molar-refractivity contribution in [2.24, 2.45) is 0 Å². The van der Waals surface area contributed by atoms with Gasteiger partial charge in [0.05, 0.1) is 12.7 Å². The molecule has 90 valence electrons. The monoisotopic (exact) mass is 223 g/mol. The molecule has 0 aliphatic heterocycles. The van der Waals surface area contributed by atoms with Gasteiger partial charge in [0.15, 0.2) is 0 Å². The number of likely N-dealkylation sites (N-methyl/N-ethyl adjacent to an activating group) is 1. The van der Waals surface area contributed by atoms with Crippen LogP contribution in [0.3, 0.4) is 0 Å². The molecule has 0 saturated carbocycles. The molecule has 0 fully saturated rings. The first kappa shape index (κ1) is 13.2. The van der Waals surface area contributed by atoms with Crippen molar-refractivity contribution in [3.05, 3.63) is 35.4 Å². The molecule has 0 aromatic heterocycles. The van der Waals surface area contributed by atoms with Crippen LogP contribution >= 0.6 is 0 Å². The van der Waals surface area contributed by atoms with Gasteiger partial charge in [-0.15, -0.1) is 0 Å². The van der Waals surface area contributed by atoms with Crippen molar-refractivity contribution < 1.29 is 9.84 Å². The Bertz CT molecular complexity index is 297. The molecular formula is C13H21NO2. The van der Waals surface area contributed by atoms with Gasteiger partial charge in [0, 0.05) is 13.2 Å². The lowest BCUT2D eigenvalue weighted by atomic mass is 10.0. The summed E-state index contributed by atoms with van der Waals surface area (Å²) in [5.74, 6) is 0. The van der Waals surface area contributed by atoms with Gasteiger partial charge in [0.1, 0.15) is 0 Å². The van der Waals surface area contributed by atoms with E-state index in [9.17, 15) is 5.11 Å². The summed E-state index contributed by atoms with van der Waals surface area (Å²) in [6.45, 7) is 5.49. The van der Waals surface area contributed by atoms with E-state index >= 15 is 0 Å². The number of benzene rings is 1. The van der Waals surface area contributed by atoms with Crippen LogP contribution in [0.15, 0.2) is 24.3 Å². The van der Waals surface area contributed by atoms with Gasteiger partial charge in [-0.05, 0) is 24.6 Å². The number of methoxy groups -OCH3 is 1. The fraction of sp³-hybridized carbons (Fsp3) is 0.538. The number of rotatable bonds is 6. The van der Waals surface area contributed by atoms with E-state index in [4.69, 9.17) is 4.74 Å². The maximum atomic E-state index is 10.0. The molecule has 0 radical (unpaired) electrons. The van der Waals surface area contributed by atoms with Crippen molar-refractivity contribution in [2.75, 3.05) is 13.7 Å². The molecule has 2 unspecified atom stereocenters. The van der Waals surface area contributed by atoms with Crippen molar-refractivity contribution in [3.8, 4) is 0 Å². The van der Waals surface area contributed by atoms with E-state index < -0.39 is 6.10 Å². The first-order valence-electron chi connectivity index (χ1n) is 5.68. The molecule has 0 heterocycles. The van der Waals surface area contributed by atoms with Crippen LogP contribution in [0.4, 0.5) is 0 Å². The van der Waals surface area contributed by atoms with Crippen molar-refractivity contribution in [1.29, 1.82) is 0 Å². The van der Waals surface area contributed by atoms with Gasteiger partial charge in [-0.1, -0.05) is 31.2 Å². The molecule has 2 atom stereocenters. The summed E-state index contributed by atoms with van der Waals surface area (Å²) < 4.78 is 5.04. The molecule has 1 aromatic carbocycles. The minimum atomic E-state index is -0.462. The molecular weight excluding hydrogens is 202 g/mol. The summed E-state index contributed by atoms with van der Waals surface area (Å²) in [5.41, 5.74) is 2.06. The average Bonchev–Trinajstić information content (AvgIpc) is 2.30. The largest absolute Gasteiger partial charge is 0.387 e. The molecule has 1 aromatic rings. The van der Waals surface area contributed by atoms with E-state index in [1.807, 2.05) is 38.1 Å². The summed E-state index contributed by atoms with van der Waals surface area (Å²) in [6.07, 6.45) is -0.462. The summed E-state index contributed by atoms with van der Waals surface area (Å²) >= 11 is 0. The summed E-state index contributed by atoms with van der Waals surface area (Å²) in [4.78, 5) is 0. The SMILES string of the molecule is CCNC(C)C(O)c1ccc(COC)cc1. The fourth-order valence-electron chi connectivity index (χ4n) is 1.70. The molecule has 0 aliphatic rings. The zero-order valence-corrected chi connectivity index (χ0v) is 10.2. The van der Waals surface area contributed by atoms with E-state index in [2.05, 4.69) is 5.32 Å². The molecule has 3 heteroatoms. The number of ether oxygens (including phenoxy) is 1. The van der Waals surface area contributed by atoms with Crippen molar-refractivity contribution in [1.82, 2.24) is 5.32 Å². The molecule has 0 bridgehead atoms. The van der Waals surface area contributed by atoms with Crippen LogP contribution in [-0.4, -0.2) is 24.8 Å². The standard InChI is InChI=1S/C13H21NO2/c1-4-14-10(2)13(15)12-7-5-11(6-8-12)9-16-3/h5-8,10,13-15H,4,9H2,1-3H3. The second-order valence-corrected chi connectivity index (χ2v) is 3.97. The third-order valence-electron chi connectivity index (χ3n) is 2.63. The topological polar surface area (TPSA) is 41.5 Å². The smallest absolute Gasteiger partial charge is 0.0940 e. The Kier molecular flexibility index (Phi) is 5.46. The van der Waals surface area contributed by atoms with E-state index in [1.54, 1.807) is 7.11 Å². The number of hydrogen-bond acceptors (Lipinski definition) is 3.